The molecule has 3 rings (SSSR count). The molecule has 0 N–H and O–H groups in total. The molecule has 0 bridgehead atoms. The Morgan fingerprint density at radius 2 is 1.79 bits per heavy atom. The highest BCUT2D eigenvalue weighted by Crippen LogP contribution is 2.13. The number of piperidine rings is 1. The molecule has 1 aliphatic rings. The monoisotopic (exact) mass is 326 g/mol. The largest absolute Gasteiger partial charge is 0.472 e. The number of hydrogen-bond donors (Lipinski definition) is 0. The van der Waals surface area contributed by atoms with Crippen LogP contribution in [0.3, 0.4) is 0 Å². The summed E-state index contributed by atoms with van der Waals surface area (Å²) in [6.45, 7) is 2.08. The molecule has 1 aromatic heterocycles. The second-order valence-corrected chi connectivity index (χ2v) is 6.10. The van der Waals surface area contributed by atoms with Crippen LogP contribution in [0.15, 0.2) is 53.3 Å². The smallest absolute Gasteiger partial charge is 0.257 e. The van der Waals surface area contributed by atoms with Crippen molar-refractivity contribution in [2.75, 3.05) is 19.6 Å². The van der Waals surface area contributed by atoms with Crippen molar-refractivity contribution in [1.82, 2.24) is 9.80 Å². The maximum atomic E-state index is 12.7. The third-order valence-corrected chi connectivity index (χ3v) is 4.31. The van der Waals surface area contributed by atoms with E-state index in [0.717, 1.165) is 31.5 Å². The first-order chi connectivity index (χ1) is 11.7. The fourth-order valence-corrected chi connectivity index (χ4v) is 2.98. The molecule has 0 spiro atoms. The van der Waals surface area contributed by atoms with E-state index in [0.29, 0.717) is 12.1 Å². The first-order valence-electron chi connectivity index (χ1n) is 8.37. The Balaban J connectivity index is 1.73. The zero-order valence-electron chi connectivity index (χ0n) is 13.7. The van der Waals surface area contributed by atoms with Crippen LogP contribution in [0.1, 0.15) is 35.2 Å². The van der Waals surface area contributed by atoms with Gasteiger partial charge in [0.1, 0.15) is 12.8 Å². The van der Waals surface area contributed by atoms with Gasteiger partial charge in [0.15, 0.2) is 0 Å². The molecule has 5 nitrogen and oxygen atoms in total. The van der Waals surface area contributed by atoms with Crippen LogP contribution < -0.4 is 0 Å². The van der Waals surface area contributed by atoms with Gasteiger partial charge < -0.3 is 14.2 Å². The van der Waals surface area contributed by atoms with E-state index in [9.17, 15) is 9.59 Å². The van der Waals surface area contributed by atoms with Crippen molar-refractivity contribution < 1.29 is 14.0 Å². The Morgan fingerprint density at radius 3 is 2.46 bits per heavy atom. The molecule has 0 radical (unpaired) electrons. The number of hydrogen-bond acceptors (Lipinski definition) is 3. The highest BCUT2D eigenvalue weighted by molar-refractivity contribution is 5.96. The van der Waals surface area contributed by atoms with E-state index < -0.39 is 0 Å². The standard InChI is InChI=1S/C19H22N2O3/c22-18(20-10-5-2-6-11-20)14-21(13-16-7-3-1-4-8-16)19(23)17-9-12-24-15-17/h1,3-4,7-9,12,15H,2,5-6,10-11,13-14H2. The topological polar surface area (TPSA) is 53.8 Å². The molecule has 0 saturated carbocycles. The molecule has 5 heteroatoms. The van der Waals surface area contributed by atoms with Crippen molar-refractivity contribution in [3.05, 3.63) is 60.1 Å². The van der Waals surface area contributed by atoms with Gasteiger partial charge in [-0.05, 0) is 30.9 Å². The fourth-order valence-electron chi connectivity index (χ4n) is 2.98. The molecule has 24 heavy (non-hydrogen) atoms. The van der Waals surface area contributed by atoms with Gasteiger partial charge in [0.05, 0.1) is 11.8 Å². The Labute approximate surface area is 141 Å². The van der Waals surface area contributed by atoms with Crippen molar-refractivity contribution >= 4 is 11.8 Å². The summed E-state index contributed by atoms with van der Waals surface area (Å²) in [5.74, 6) is -0.166. The number of carbonyl (C=O) groups is 2. The third-order valence-electron chi connectivity index (χ3n) is 4.31. The first kappa shape index (κ1) is 16.3. The zero-order chi connectivity index (χ0) is 16.8. The number of rotatable bonds is 5. The van der Waals surface area contributed by atoms with Gasteiger partial charge in [0.2, 0.25) is 5.91 Å². The van der Waals surface area contributed by atoms with E-state index in [1.807, 2.05) is 35.2 Å². The maximum absolute atomic E-state index is 12.7. The average Bonchev–Trinajstić information content (AvgIpc) is 3.17. The summed E-state index contributed by atoms with van der Waals surface area (Å²) in [4.78, 5) is 28.8. The summed E-state index contributed by atoms with van der Waals surface area (Å²) >= 11 is 0. The lowest BCUT2D eigenvalue weighted by Gasteiger charge is -2.30. The first-order valence-corrected chi connectivity index (χ1v) is 8.37. The molecular formula is C19H22N2O3. The van der Waals surface area contributed by atoms with Crippen molar-refractivity contribution in [3.8, 4) is 0 Å². The van der Waals surface area contributed by atoms with E-state index >= 15 is 0 Å². The summed E-state index contributed by atoms with van der Waals surface area (Å²) in [6, 6.07) is 11.4. The summed E-state index contributed by atoms with van der Waals surface area (Å²) in [5, 5.41) is 0. The number of likely N-dealkylation sites (tertiary alicyclic amines) is 1. The zero-order valence-corrected chi connectivity index (χ0v) is 13.7. The van der Waals surface area contributed by atoms with Gasteiger partial charge >= 0.3 is 0 Å². The summed E-state index contributed by atoms with van der Waals surface area (Å²) in [7, 11) is 0. The summed E-state index contributed by atoms with van der Waals surface area (Å²) in [6.07, 6.45) is 6.15. The van der Waals surface area contributed by atoms with Crippen molar-refractivity contribution in [3.63, 3.8) is 0 Å². The average molecular weight is 326 g/mol. The molecule has 1 aromatic carbocycles. The van der Waals surface area contributed by atoms with E-state index in [1.54, 1.807) is 11.0 Å². The number of furan rings is 1. The van der Waals surface area contributed by atoms with Crippen LogP contribution in [0.5, 0.6) is 0 Å². The highest BCUT2D eigenvalue weighted by Gasteiger charge is 2.24. The molecule has 1 saturated heterocycles. The molecule has 1 aliphatic heterocycles. The van der Waals surface area contributed by atoms with Crippen LogP contribution in [-0.4, -0.2) is 41.2 Å². The lowest BCUT2D eigenvalue weighted by atomic mass is 10.1. The minimum Gasteiger partial charge on any atom is -0.472 e. The lowest BCUT2D eigenvalue weighted by molar-refractivity contribution is -0.132. The number of benzene rings is 1. The summed E-state index contributed by atoms with van der Waals surface area (Å²) in [5.41, 5.74) is 1.47. The number of carbonyl (C=O) groups excluding carboxylic acids is 2. The van der Waals surface area contributed by atoms with Crippen LogP contribution in [0.2, 0.25) is 0 Å². The van der Waals surface area contributed by atoms with Gasteiger partial charge in [-0.25, -0.2) is 0 Å². The van der Waals surface area contributed by atoms with Crippen LogP contribution in [0, 0.1) is 0 Å². The molecule has 0 unspecified atom stereocenters. The lowest BCUT2D eigenvalue weighted by Crippen LogP contribution is -2.44. The van der Waals surface area contributed by atoms with Gasteiger partial charge in [-0.3, -0.25) is 9.59 Å². The highest BCUT2D eigenvalue weighted by atomic mass is 16.3. The third kappa shape index (κ3) is 4.04. The molecule has 2 amide bonds. The second kappa shape index (κ2) is 7.81. The minimum absolute atomic E-state index is 0.0162. The predicted octanol–water partition coefficient (Wildman–Crippen LogP) is 2.93. The van der Waals surface area contributed by atoms with Crippen molar-refractivity contribution in [2.24, 2.45) is 0 Å². The van der Waals surface area contributed by atoms with E-state index in [2.05, 4.69) is 0 Å². The van der Waals surface area contributed by atoms with Crippen molar-refractivity contribution in [2.45, 2.75) is 25.8 Å². The number of amides is 2. The van der Waals surface area contributed by atoms with Crippen LogP contribution in [0.25, 0.3) is 0 Å². The van der Waals surface area contributed by atoms with Crippen LogP contribution >= 0.6 is 0 Å². The molecule has 2 heterocycles. The predicted molar refractivity (Wildman–Crippen MR) is 90.3 cm³/mol. The molecular weight excluding hydrogens is 304 g/mol. The van der Waals surface area contributed by atoms with Gasteiger partial charge in [-0.2, -0.15) is 0 Å². The van der Waals surface area contributed by atoms with Crippen LogP contribution in [-0.2, 0) is 11.3 Å². The fraction of sp³-hybridized carbons (Fsp3) is 0.368. The SMILES string of the molecule is O=C(CN(Cc1ccccc1)C(=O)c1ccoc1)N1CCCCC1. The Morgan fingerprint density at radius 1 is 1.04 bits per heavy atom. The molecule has 2 aromatic rings. The van der Waals surface area contributed by atoms with Gasteiger partial charge in [0.25, 0.3) is 5.91 Å². The van der Waals surface area contributed by atoms with E-state index in [-0.39, 0.29) is 18.4 Å². The quantitative estimate of drug-likeness (QED) is 0.849. The molecule has 0 atom stereocenters. The molecule has 0 aliphatic carbocycles. The Kier molecular flexibility index (Phi) is 5.31. The molecule has 1 fully saturated rings. The second-order valence-electron chi connectivity index (χ2n) is 6.10. The molecule has 126 valence electrons. The van der Waals surface area contributed by atoms with E-state index in [4.69, 9.17) is 4.42 Å². The summed E-state index contributed by atoms with van der Waals surface area (Å²) < 4.78 is 5.01. The Hall–Kier alpha value is -2.56. The van der Waals surface area contributed by atoms with Gasteiger partial charge in [-0.1, -0.05) is 30.3 Å². The number of nitrogens with zero attached hydrogens (tertiary/aromatic N) is 2. The minimum atomic E-state index is -0.182. The van der Waals surface area contributed by atoms with Crippen molar-refractivity contribution in [1.29, 1.82) is 0 Å². The van der Waals surface area contributed by atoms with Crippen LogP contribution in [0.4, 0.5) is 0 Å². The van der Waals surface area contributed by atoms with E-state index in [1.165, 1.54) is 18.9 Å². The maximum Gasteiger partial charge on any atom is 0.257 e. The normalized spacial score (nSPS) is 14.4. The van der Waals surface area contributed by atoms with Gasteiger partial charge in [0, 0.05) is 19.6 Å². The Bertz CT molecular complexity index is 661. The van der Waals surface area contributed by atoms with Gasteiger partial charge in [-0.15, -0.1) is 0 Å².